The lowest BCUT2D eigenvalue weighted by Crippen LogP contribution is -2.32. The highest BCUT2D eigenvalue weighted by molar-refractivity contribution is 5.86. The fraction of sp³-hybridized carbons (Fsp3) is 0.625. The lowest BCUT2D eigenvalue weighted by atomic mass is 10.4. The van der Waals surface area contributed by atoms with Crippen LogP contribution in [0.15, 0.2) is 12.7 Å². The Labute approximate surface area is 67.1 Å². The maximum Gasteiger partial charge on any atom is 0.245 e. The zero-order valence-corrected chi connectivity index (χ0v) is 6.68. The van der Waals surface area contributed by atoms with Gasteiger partial charge in [0.05, 0.1) is 0 Å². The van der Waals surface area contributed by atoms with Crippen molar-refractivity contribution in [1.82, 2.24) is 10.2 Å². The number of carbonyl (C=O) groups is 1. The molecule has 0 aromatic carbocycles. The Kier molecular flexibility index (Phi) is 3.11. The van der Waals surface area contributed by atoms with Gasteiger partial charge in [-0.1, -0.05) is 6.58 Å². The number of nitrogens with zero attached hydrogens (tertiary/aromatic N) is 1. The van der Waals surface area contributed by atoms with Gasteiger partial charge < -0.3 is 10.2 Å². The van der Waals surface area contributed by atoms with E-state index in [2.05, 4.69) is 11.9 Å². The van der Waals surface area contributed by atoms with Crippen molar-refractivity contribution in [1.29, 1.82) is 0 Å². The number of rotatable bonds is 1. The predicted molar refractivity (Wildman–Crippen MR) is 44.3 cm³/mol. The molecule has 1 rings (SSSR count). The molecule has 0 bridgehead atoms. The second kappa shape index (κ2) is 4.13. The van der Waals surface area contributed by atoms with Gasteiger partial charge in [0.15, 0.2) is 0 Å². The summed E-state index contributed by atoms with van der Waals surface area (Å²) >= 11 is 0. The topological polar surface area (TPSA) is 32.3 Å². The average molecular weight is 154 g/mol. The van der Waals surface area contributed by atoms with Crippen LogP contribution in [-0.2, 0) is 4.79 Å². The first kappa shape index (κ1) is 8.27. The van der Waals surface area contributed by atoms with E-state index in [-0.39, 0.29) is 5.91 Å². The summed E-state index contributed by atoms with van der Waals surface area (Å²) in [6.45, 7) is 7.04. The normalized spacial score (nSPS) is 19.1. The third-order valence-corrected chi connectivity index (χ3v) is 1.83. The van der Waals surface area contributed by atoms with E-state index in [0.717, 1.165) is 32.6 Å². The minimum Gasteiger partial charge on any atom is -0.338 e. The average Bonchev–Trinajstić information content (AvgIpc) is 2.30. The van der Waals surface area contributed by atoms with E-state index < -0.39 is 0 Å². The Morgan fingerprint density at radius 3 is 3.00 bits per heavy atom. The monoisotopic (exact) mass is 154 g/mol. The van der Waals surface area contributed by atoms with Gasteiger partial charge in [-0.05, 0) is 19.0 Å². The van der Waals surface area contributed by atoms with E-state index in [1.54, 1.807) is 0 Å². The molecule has 0 saturated carbocycles. The fourth-order valence-corrected chi connectivity index (χ4v) is 1.20. The SMILES string of the molecule is C=CC(=O)N1CCCNCC1. The van der Waals surface area contributed by atoms with Crippen LogP contribution >= 0.6 is 0 Å². The van der Waals surface area contributed by atoms with Crippen LogP contribution in [0.1, 0.15) is 6.42 Å². The molecule has 1 fully saturated rings. The molecular formula is C8H14N2O. The molecule has 3 heteroatoms. The predicted octanol–water partition coefficient (Wildman–Crippen LogP) is -0.00570. The molecule has 0 atom stereocenters. The summed E-state index contributed by atoms with van der Waals surface area (Å²) in [7, 11) is 0. The van der Waals surface area contributed by atoms with E-state index in [1.807, 2.05) is 4.90 Å². The Hall–Kier alpha value is -0.830. The first-order valence-electron chi connectivity index (χ1n) is 3.96. The molecule has 0 aromatic rings. The van der Waals surface area contributed by atoms with Crippen molar-refractivity contribution in [2.45, 2.75) is 6.42 Å². The fourth-order valence-electron chi connectivity index (χ4n) is 1.20. The molecular weight excluding hydrogens is 140 g/mol. The Morgan fingerprint density at radius 1 is 1.45 bits per heavy atom. The molecule has 0 aromatic heterocycles. The first-order chi connectivity index (χ1) is 5.34. The van der Waals surface area contributed by atoms with Crippen molar-refractivity contribution in [2.24, 2.45) is 0 Å². The van der Waals surface area contributed by atoms with Gasteiger partial charge in [0, 0.05) is 19.6 Å². The van der Waals surface area contributed by atoms with Crippen LogP contribution in [-0.4, -0.2) is 37.0 Å². The van der Waals surface area contributed by atoms with Gasteiger partial charge in [-0.2, -0.15) is 0 Å². The van der Waals surface area contributed by atoms with E-state index in [0.29, 0.717) is 0 Å². The summed E-state index contributed by atoms with van der Waals surface area (Å²) < 4.78 is 0. The molecule has 11 heavy (non-hydrogen) atoms. The molecule has 1 aliphatic heterocycles. The van der Waals surface area contributed by atoms with Crippen molar-refractivity contribution in [3.05, 3.63) is 12.7 Å². The van der Waals surface area contributed by atoms with Gasteiger partial charge in [-0.15, -0.1) is 0 Å². The van der Waals surface area contributed by atoms with Gasteiger partial charge in [0.2, 0.25) is 5.91 Å². The molecule has 1 saturated heterocycles. The van der Waals surface area contributed by atoms with Crippen LogP contribution in [0.5, 0.6) is 0 Å². The van der Waals surface area contributed by atoms with Gasteiger partial charge in [0.1, 0.15) is 0 Å². The number of carbonyl (C=O) groups excluding carboxylic acids is 1. The molecule has 3 nitrogen and oxygen atoms in total. The molecule has 1 aliphatic rings. The smallest absolute Gasteiger partial charge is 0.245 e. The van der Waals surface area contributed by atoms with E-state index >= 15 is 0 Å². The second-order valence-corrected chi connectivity index (χ2v) is 2.63. The maximum absolute atomic E-state index is 11.1. The van der Waals surface area contributed by atoms with Crippen LogP contribution in [0.25, 0.3) is 0 Å². The minimum absolute atomic E-state index is 0.0497. The summed E-state index contributed by atoms with van der Waals surface area (Å²) in [5.74, 6) is 0.0497. The largest absolute Gasteiger partial charge is 0.338 e. The summed E-state index contributed by atoms with van der Waals surface area (Å²) in [6.07, 6.45) is 2.42. The lowest BCUT2D eigenvalue weighted by Gasteiger charge is -2.17. The van der Waals surface area contributed by atoms with Crippen molar-refractivity contribution in [2.75, 3.05) is 26.2 Å². The number of nitrogens with one attached hydrogen (secondary N) is 1. The first-order valence-corrected chi connectivity index (χ1v) is 3.96. The third-order valence-electron chi connectivity index (χ3n) is 1.83. The van der Waals surface area contributed by atoms with Gasteiger partial charge in [-0.3, -0.25) is 4.79 Å². The standard InChI is InChI=1S/C8H14N2O/c1-2-8(11)10-6-3-4-9-5-7-10/h2,9H,1,3-7H2. The summed E-state index contributed by atoms with van der Waals surface area (Å²) in [6, 6.07) is 0. The van der Waals surface area contributed by atoms with E-state index in [1.165, 1.54) is 6.08 Å². The maximum atomic E-state index is 11.1. The molecule has 1 heterocycles. The molecule has 0 radical (unpaired) electrons. The van der Waals surface area contributed by atoms with Crippen LogP contribution in [0.2, 0.25) is 0 Å². The minimum atomic E-state index is 0.0497. The van der Waals surface area contributed by atoms with Gasteiger partial charge in [-0.25, -0.2) is 0 Å². The summed E-state index contributed by atoms with van der Waals surface area (Å²) in [5, 5.41) is 3.23. The number of hydrogen-bond donors (Lipinski definition) is 1. The Balaban J connectivity index is 2.42. The third kappa shape index (κ3) is 2.35. The van der Waals surface area contributed by atoms with Crippen LogP contribution in [0, 0.1) is 0 Å². The molecule has 0 aliphatic carbocycles. The Bertz CT molecular complexity index is 148. The highest BCUT2D eigenvalue weighted by Crippen LogP contribution is 1.95. The summed E-state index contributed by atoms with van der Waals surface area (Å²) in [5.41, 5.74) is 0. The highest BCUT2D eigenvalue weighted by Gasteiger charge is 2.10. The van der Waals surface area contributed by atoms with Gasteiger partial charge >= 0.3 is 0 Å². The highest BCUT2D eigenvalue weighted by atomic mass is 16.2. The van der Waals surface area contributed by atoms with E-state index in [9.17, 15) is 4.79 Å². The number of amides is 1. The molecule has 62 valence electrons. The van der Waals surface area contributed by atoms with Crippen LogP contribution in [0.3, 0.4) is 0 Å². The zero-order valence-electron chi connectivity index (χ0n) is 6.68. The zero-order chi connectivity index (χ0) is 8.10. The van der Waals surface area contributed by atoms with Crippen LogP contribution in [0.4, 0.5) is 0 Å². The summed E-state index contributed by atoms with van der Waals surface area (Å²) in [4.78, 5) is 12.9. The molecule has 0 spiro atoms. The quantitative estimate of drug-likeness (QED) is 0.539. The second-order valence-electron chi connectivity index (χ2n) is 2.63. The molecule has 0 unspecified atom stereocenters. The van der Waals surface area contributed by atoms with E-state index in [4.69, 9.17) is 0 Å². The van der Waals surface area contributed by atoms with Crippen molar-refractivity contribution in [3.63, 3.8) is 0 Å². The molecule has 1 amide bonds. The Morgan fingerprint density at radius 2 is 2.27 bits per heavy atom. The van der Waals surface area contributed by atoms with Crippen molar-refractivity contribution < 1.29 is 4.79 Å². The lowest BCUT2D eigenvalue weighted by molar-refractivity contribution is -0.125. The van der Waals surface area contributed by atoms with Crippen molar-refractivity contribution >= 4 is 5.91 Å². The molecule has 1 N–H and O–H groups in total. The van der Waals surface area contributed by atoms with Gasteiger partial charge in [0.25, 0.3) is 0 Å². The van der Waals surface area contributed by atoms with Crippen molar-refractivity contribution in [3.8, 4) is 0 Å². The van der Waals surface area contributed by atoms with Crippen LogP contribution < -0.4 is 5.32 Å². The number of hydrogen-bond acceptors (Lipinski definition) is 2.